The van der Waals surface area contributed by atoms with Gasteiger partial charge in [0.2, 0.25) is 5.91 Å². The first-order valence-electron chi connectivity index (χ1n) is 6.43. The van der Waals surface area contributed by atoms with E-state index in [1.54, 1.807) is 42.5 Å². The molecule has 1 N–H and O–H groups in total. The highest BCUT2D eigenvalue weighted by Gasteiger charge is 2.08. The molecule has 0 aliphatic rings. The van der Waals surface area contributed by atoms with Gasteiger partial charge < -0.3 is 14.8 Å². The average Bonchev–Trinajstić information content (AvgIpc) is 2.49. The van der Waals surface area contributed by atoms with Gasteiger partial charge >= 0.3 is 5.97 Å². The Kier molecular flexibility index (Phi) is 5.01. The second kappa shape index (κ2) is 6.95. The number of hydrogen-bond acceptors (Lipinski definition) is 4. The van der Waals surface area contributed by atoms with Crippen molar-refractivity contribution in [3.05, 3.63) is 53.1 Å². The minimum atomic E-state index is -0.413. The molecule has 2 aromatic carbocycles. The molecule has 0 bridgehead atoms. The number of ether oxygens (including phenoxy) is 2. The molecule has 114 valence electrons. The normalized spacial score (nSPS) is 9.95. The van der Waals surface area contributed by atoms with Crippen LogP contribution in [0.3, 0.4) is 0 Å². The fraction of sp³-hybridized carbons (Fsp3) is 0.125. The van der Waals surface area contributed by atoms with Gasteiger partial charge in [0.15, 0.2) is 0 Å². The zero-order chi connectivity index (χ0) is 16.1. The van der Waals surface area contributed by atoms with Crippen LogP contribution in [0.2, 0.25) is 5.02 Å². The van der Waals surface area contributed by atoms with E-state index in [0.29, 0.717) is 27.8 Å². The Labute approximate surface area is 132 Å². The van der Waals surface area contributed by atoms with Crippen LogP contribution in [-0.4, -0.2) is 19.0 Å². The van der Waals surface area contributed by atoms with Crippen molar-refractivity contribution >= 4 is 29.2 Å². The number of esters is 1. The number of nitrogens with one attached hydrogen (secondary N) is 1. The minimum Gasteiger partial charge on any atom is -0.465 e. The predicted molar refractivity (Wildman–Crippen MR) is 83.6 cm³/mol. The number of halogens is 1. The molecule has 0 aliphatic carbocycles. The van der Waals surface area contributed by atoms with Gasteiger partial charge in [-0.1, -0.05) is 11.6 Å². The number of hydrogen-bond donors (Lipinski definition) is 1. The van der Waals surface area contributed by atoms with Gasteiger partial charge in [-0.05, 0) is 42.5 Å². The molecule has 0 atom stereocenters. The number of carbonyl (C=O) groups is 2. The summed E-state index contributed by atoms with van der Waals surface area (Å²) in [6.07, 6.45) is 0. The standard InChI is InChI=1S/C16H14ClNO4/c1-10(19)18-12-5-8-15(14(17)9-12)22-13-6-3-11(4-7-13)16(20)21-2/h3-9H,1-2H3,(H,18,19). The molecule has 2 rings (SSSR count). The number of carbonyl (C=O) groups excluding carboxylic acids is 2. The van der Waals surface area contributed by atoms with Gasteiger partial charge in [0.25, 0.3) is 0 Å². The zero-order valence-electron chi connectivity index (χ0n) is 12.1. The van der Waals surface area contributed by atoms with Crippen molar-refractivity contribution in [3.8, 4) is 11.5 Å². The molecule has 0 aromatic heterocycles. The number of methoxy groups -OCH3 is 1. The topological polar surface area (TPSA) is 64.6 Å². The van der Waals surface area contributed by atoms with E-state index in [4.69, 9.17) is 16.3 Å². The van der Waals surface area contributed by atoms with Gasteiger partial charge in [-0.25, -0.2) is 4.79 Å². The summed E-state index contributed by atoms with van der Waals surface area (Å²) >= 11 is 6.12. The monoisotopic (exact) mass is 319 g/mol. The van der Waals surface area contributed by atoms with Crippen LogP contribution in [0.15, 0.2) is 42.5 Å². The molecule has 2 aromatic rings. The van der Waals surface area contributed by atoms with Gasteiger partial charge in [0, 0.05) is 12.6 Å². The second-order valence-electron chi connectivity index (χ2n) is 4.44. The van der Waals surface area contributed by atoms with Gasteiger partial charge in [-0.3, -0.25) is 4.79 Å². The molecular formula is C16H14ClNO4. The van der Waals surface area contributed by atoms with E-state index in [1.807, 2.05) is 0 Å². The van der Waals surface area contributed by atoms with Crippen molar-refractivity contribution in [3.63, 3.8) is 0 Å². The molecule has 0 heterocycles. The maximum Gasteiger partial charge on any atom is 0.337 e. The molecular weight excluding hydrogens is 306 g/mol. The quantitative estimate of drug-likeness (QED) is 0.869. The van der Waals surface area contributed by atoms with Gasteiger partial charge in [-0.15, -0.1) is 0 Å². The largest absolute Gasteiger partial charge is 0.465 e. The summed E-state index contributed by atoms with van der Waals surface area (Å²) in [6, 6.07) is 11.4. The Hall–Kier alpha value is -2.53. The molecule has 0 fully saturated rings. The lowest BCUT2D eigenvalue weighted by molar-refractivity contribution is -0.114. The summed E-state index contributed by atoms with van der Waals surface area (Å²) < 4.78 is 10.3. The summed E-state index contributed by atoms with van der Waals surface area (Å²) in [6.45, 7) is 1.42. The first-order chi connectivity index (χ1) is 10.5. The second-order valence-corrected chi connectivity index (χ2v) is 4.85. The van der Waals surface area contributed by atoms with Crippen LogP contribution in [0.5, 0.6) is 11.5 Å². The summed E-state index contributed by atoms with van der Waals surface area (Å²) in [4.78, 5) is 22.3. The number of amides is 1. The zero-order valence-corrected chi connectivity index (χ0v) is 12.8. The Morgan fingerprint density at radius 1 is 1.09 bits per heavy atom. The van der Waals surface area contributed by atoms with Crippen molar-refractivity contribution in [2.24, 2.45) is 0 Å². The molecule has 6 heteroatoms. The molecule has 1 amide bonds. The predicted octanol–water partition coefficient (Wildman–Crippen LogP) is 3.88. The summed E-state index contributed by atoms with van der Waals surface area (Å²) in [7, 11) is 1.32. The molecule has 0 radical (unpaired) electrons. The molecule has 0 unspecified atom stereocenters. The number of benzene rings is 2. The number of anilines is 1. The average molecular weight is 320 g/mol. The lowest BCUT2D eigenvalue weighted by Crippen LogP contribution is -2.05. The van der Waals surface area contributed by atoms with Crippen LogP contribution in [0.1, 0.15) is 17.3 Å². The fourth-order valence-electron chi connectivity index (χ4n) is 1.77. The molecule has 22 heavy (non-hydrogen) atoms. The van der Waals surface area contributed by atoms with Gasteiger partial charge in [0.05, 0.1) is 17.7 Å². The van der Waals surface area contributed by atoms with Crippen LogP contribution in [0, 0.1) is 0 Å². The van der Waals surface area contributed by atoms with Crippen LogP contribution in [-0.2, 0) is 9.53 Å². The Morgan fingerprint density at radius 3 is 2.32 bits per heavy atom. The van der Waals surface area contributed by atoms with E-state index in [0.717, 1.165) is 0 Å². The smallest absolute Gasteiger partial charge is 0.337 e. The first kappa shape index (κ1) is 15.9. The molecule has 5 nitrogen and oxygen atoms in total. The highest BCUT2D eigenvalue weighted by molar-refractivity contribution is 6.32. The molecule has 0 saturated carbocycles. The fourth-order valence-corrected chi connectivity index (χ4v) is 1.99. The van der Waals surface area contributed by atoms with Crippen molar-refractivity contribution in [2.45, 2.75) is 6.92 Å². The summed E-state index contributed by atoms with van der Waals surface area (Å²) in [5, 5.41) is 3.00. The molecule has 0 aliphatic heterocycles. The summed E-state index contributed by atoms with van der Waals surface area (Å²) in [5.41, 5.74) is 1.02. The van der Waals surface area contributed by atoms with Crippen molar-refractivity contribution < 1.29 is 19.1 Å². The Morgan fingerprint density at radius 2 is 1.77 bits per heavy atom. The van der Waals surface area contributed by atoms with Crippen molar-refractivity contribution in [1.29, 1.82) is 0 Å². The maximum atomic E-state index is 11.3. The third-order valence-corrected chi connectivity index (χ3v) is 3.05. The third kappa shape index (κ3) is 3.99. The van der Waals surface area contributed by atoms with Crippen molar-refractivity contribution in [2.75, 3.05) is 12.4 Å². The van der Waals surface area contributed by atoms with E-state index in [1.165, 1.54) is 14.0 Å². The number of rotatable bonds is 4. The van der Waals surface area contributed by atoms with Gasteiger partial charge in [-0.2, -0.15) is 0 Å². The van der Waals surface area contributed by atoms with Crippen molar-refractivity contribution in [1.82, 2.24) is 0 Å². The highest BCUT2D eigenvalue weighted by atomic mass is 35.5. The van der Waals surface area contributed by atoms with Gasteiger partial charge in [0.1, 0.15) is 11.5 Å². The van der Waals surface area contributed by atoms with Crippen LogP contribution in [0.4, 0.5) is 5.69 Å². The van der Waals surface area contributed by atoms with E-state index >= 15 is 0 Å². The SMILES string of the molecule is COC(=O)c1ccc(Oc2ccc(NC(C)=O)cc2Cl)cc1. The van der Waals surface area contributed by atoms with E-state index in [-0.39, 0.29) is 5.91 Å². The van der Waals surface area contributed by atoms with E-state index in [9.17, 15) is 9.59 Å². The Bertz CT molecular complexity index is 698. The Balaban J connectivity index is 2.13. The van der Waals surface area contributed by atoms with Crippen LogP contribution in [0.25, 0.3) is 0 Å². The third-order valence-electron chi connectivity index (χ3n) is 2.76. The van der Waals surface area contributed by atoms with Crippen LogP contribution >= 0.6 is 11.6 Å². The summed E-state index contributed by atoms with van der Waals surface area (Å²) in [5.74, 6) is 0.385. The minimum absolute atomic E-state index is 0.178. The maximum absolute atomic E-state index is 11.3. The molecule has 0 saturated heterocycles. The lowest BCUT2D eigenvalue weighted by Gasteiger charge is -2.10. The lowest BCUT2D eigenvalue weighted by atomic mass is 10.2. The van der Waals surface area contributed by atoms with E-state index in [2.05, 4.69) is 10.1 Å². The molecule has 0 spiro atoms. The van der Waals surface area contributed by atoms with Crippen LogP contribution < -0.4 is 10.1 Å². The van der Waals surface area contributed by atoms with E-state index < -0.39 is 5.97 Å². The highest BCUT2D eigenvalue weighted by Crippen LogP contribution is 2.31. The first-order valence-corrected chi connectivity index (χ1v) is 6.81.